The van der Waals surface area contributed by atoms with Crippen LogP contribution in [0.4, 0.5) is 0 Å². The van der Waals surface area contributed by atoms with Gasteiger partial charge in [0, 0.05) is 24.6 Å². The molecule has 6 nitrogen and oxygen atoms in total. The standard InChI is InChI=1S/C21H31N3O3S/c1-2-16-11-13-17(14-12-16)23-20(25)10-4-3-7-15-22-21-18-8-5-6-9-19(18)28(26,27)24-21/h5-6,8-9,16-17H,2-4,7,10-15H2,1H3,(H,22,24)(H,23,25). The fraction of sp³-hybridized carbons (Fsp3) is 0.619. The van der Waals surface area contributed by atoms with Gasteiger partial charge in [0.2, 0.25) is 5.91 Å². The number of nitrogens with one attached hydrogen (secondary N) is 2. The van der Waals surface area contributed by atoms with Crippen molar-refractivity contribution in [3.63, 3.8) is 0 Å². The Bertz CT molecular complexity index is 812. The van der Waals surface area contributed by atoms with Gasteiger partial charge in [-0.3, -0.25) is 14.5 Å². The summed E-state index contributed by atoms with van der Waals surface area (Å²) in [5, 5.41) is 3.18. The SMILES string of the molecule is CCC1CCC(NC(=O)CCCCCN=C2NS(=O)(=O)c3ccccc32)CC1. The number of amides is 1. The lowest BCUT2D eigenvalue weighted by Gasteiger charge is -2.28. The van der Waals surface area contributed by atoms with Gasteiger partial charge in [-0.2, -0.15) is 0 Å². The van der Waals surface area contributed by atoms with Crippen LogP contribution in [0.15, 0.2) is 34.2 Å². The average Bonchev–Trinajstić information content (AvgIpc) is 2.96. The van der Waals surface area contributed by atoms with Crippen molar-refractivity contribution in [1.82, 2.24) is 10.0 Å². The highest BCUT2D eigenvalue weighted by molar-refractivity contribution is 7.90. The number of hydrogen-bond acceptors (Lipinski definition) is 4. The van der Waals surface area contributed by atoms with E-state index in [0.29, 0.717) is 35.3 Å². The molecule has 0 atom stereocenters. The van der Waals surface area contributed by atoms with Crippen LogP contribution in [0.2, 0.25) is 0 Å². The maximum absolute atomic E-state index is 12.1. The van der Waals surface area contributed by atoms with Gasteiger partial charge in [-0.25, -0.2) is 8.42 Å². The molecule has 1 saturated carbocycles. The van der Waals surface area contributed by atoms with E-state index in [1.165, 1.54) is 19.3 Å². The summed E-state index contributed by atoms with van der Waals surface area (Å²) < 4.78 is 26.6. The number of sulfonamides is 1. The van der Waals surface area contributed by atoms with Crippen molar-refractivity contribution in [2.24, 2.45) is 10.9 Å². The Balaban J connectivity index is 1.34. The quantitative estimate of drug-likeness (QED) is 0.650. The largest absolute Gasteiger partial charge is 0.353 e. The molecule has 0 spiro atoms. The summed E-state index contributed by atoms with van der Waals surface area (Å²) in [7, 11) is -3.47. The van der Waals surface area contributed by atoms with Crippen molar-refractivity contribution in [2.75, 3.05) is 6.54 Å². The number of carbonyl (C=O) groups excluding carboxylic acids is 1. The zero-order valence-electron chi connectivity index (χ0n) is 16.6. The van der Waals surface area contributed by atoms with E-state index in [4.69, 9.17) is 0 Å². The third-order valence-corrected chi connectivity index (χ3v) is 7.18. The minimum atomic E-state index is -3.47. The molecule has 0 unspecified atom stereocenters. The van der Waals surface area contributed by atoms with Gasteiger partial charge in [0.1, 0.15) is 5.84 Å². The molecule has 0 aromatic heterocycles. The van der Waals surface area contributed by atoms with Crippen molar-refractivity contribution < 1.29 is 13.2 Å². The molecule has 1 aromatic carbocycles. The van der Waals surface area contributed by atoms with Crippen LogP contribution in [0.25, 0.3) is 0 Å². The molecule has 28 heavy (non-hydrogen) atoms. The summed E-state index contributed by atoms with van der Waals surface area (Å²) in [6.45, 7) is 2.80. The van der Waals surface area contributed by atoms with E-state index in [-0.39, 0.29) is 5.91 Å². The maximum atomic E-state index is 12.1. The van der Waals surface area contributed by atoms with Crippen LogP contribution in [-0.2, 0) is 14.8 Å². The third-order valence-electron chi connectivity index (χ3n) is 5.78. The van der Waals surface area contributed by atoms with E-state index >= 15 is 0 Å². The Morgan fingerprint density at radius 2 is 1.89 bits per heavy atom. The molecule has 2 N–H and O–H groups in total. The number of benzene rings is 1. The monoisotopic (exact) mass is 405 g/mol. The summed E-state index contributed by atoms with van der Waals surface area (Å²) in [5.74, 6) is 1.42. The maximum Gasteiger partial charge on any atom is 0.263 e. The first-order chi connectivity index (χ1) is 13.5. The first-order valence-corrected chi connectivity index (χ1v) is 11.9. The number of hydrogen-bond donors (Lipinski definition) is 2. The van der Waals surface area contributed by atoms with E-state index in [0.717, 1.165) is 38.0 Å². The first kappa shape index (κ1) is 20.8. The van der Waals surface area contributed by atoms with Gasteiger partial charge in [0.15, 0.2) is 0 Å². The predicted molar refractivity (Wildman–Crippen MR) is 111 cm³/mol. The van der Waals surface area contributed by atoms with Crippen LogP contribution in [0.3, 0.4) is 0 Å². The minimum Gasteiger partial charge on any atom is -0.353 e. The molecule has 1 fully saturated rings. The Kier molecular flexibility index (Phi) is 7.10. The van der Waals surface area contributed by atoms with Gasteiger partial charge in [0.25, 0.3) is 10.0 Å². The van der Waals surface area contributed by atoms with Crippen molar-refractivity contribution in [3.05, 3.63) is 29.8 Å². The molecule has 1 amide bonds. The highest BCUT2D eigenvalue weighted by Crippen LogP contribution is 2.26. The van der Waals surface area contributed by atoms with E-state index < -0.39 is 10.0 Å². The second kappa shape index (κ2) is 9.54. The molecule has 2 aliphatic rings. The average molecular weight is 406 g/mol. The van der Waals surface area contributed by atoms with E-state index in [2.05, 4.69) is 22.0 Å². The Morgan fingerprint density at radius 3 is 2.64 bits per heavy atom. The Morgan fingerprint density at radius 1 is 1.14 bits per heavy atom. The van der Waals surface area contributed by atoms with E-state index in [9.17, 15) is 13.2 Å². The molecule has 7 heteroatoms. The summed E-state index contributed by atoms with van der Waals surface area (Å²) in [5.41, 5.74) is 0.639. The molecule has 0 bridgehead atoms. The van der Waals surface area contributed by atoms with Crippen molar-refractivity contribution in [3.8, 4) is 0 Å². The second-order valence-corrected chi connectivity index (χ2v) is 9.49. The van der Waals surface area contributed by atoms with Crippen molar-refractivity contribution >= 4 is 21.8 Å². The van der Waals surface area contributed by atoms with Gasteiger partial charge in [-0.05, 0) is 56.6 Å². The molecule has 1 heterocycles. The Hall–Kier alpha value is -1.89. The molecule has 0 radical (unpaired) electrons. The summed E-state index contributed by atoms with van der Waals surface area (Å²) in [6, 6.07) is 7.24. The zero-order chi connectivity index (χ0) is 20.0. The smallest absolute Gasteiger partial charge is 0.263 e. The summed E-state index contributed by atoms with van der Waals surface area (Å²) in [4.78, 5) is 16.8. The summed E-state index contributed by atoms with van der Waals surface area (Å²) in [6.07, 6.45) is 9.06. The topological polar surface area (TPSA) is 87.6 Å². The number of aliphatic imine (C=N–C) groups is 1. The molecule has 0 saturated heterocycles. The lowest BCUT2D eigenvalue weighted by Crippen LogP contribution is -2.37. The van der Waals surface area contributed by atoms with Gasteiger partial charge in [0.05, 0.1) is 4.90 Å². The highest BCUT2D eigenvalue weighted by atomic mass is 32.2. The molecular formula is C21H31N3O3S. The first-order valence-electron chi connectivity index (χ1n) is 10.5. The van der Waals surface area contributed by atoms with Gasteiger partial charge in [-0.15, -0.1) is 0 Å². The molecule has 1 aliphatic carbocycles. The number of fused-ring (bicyclic) bond motifs is 1. The number of nitrogens with zero attached hydrogens (tertiary/aromatic N) is 1. The second-order valence-electron chi connectivity index (χ2n) is 7.84. The Labute approximate surface area is 168 Å². The van der Waals surface area contributed by atoms with Gasteiger partial charge < -0.3 is 5.32 Å². The van der Waals surface area contributed by atoms with Crippen LogP contribution in [-0.4, -0.2) is 32.7 Å². The fourth-order valence-electron chi connectivity index (χ4n) is 4.03. The van der Waals surface area contributed by atoms with Crippen molar-refractivity contribution in [1.29, 1.82) is 0 Å². The molecule has 1 aliphatic heterocycles. The van der Waals surface area contributed by atoms with Crippen LogP contribution < -0.4 is 10.0 Å². The van der Waals surface area contributed by atoms with Crippen molar-refractivity contribution in [2.45, 2.75) is 75.6 Å². The van der Waals surface area contributed by atoms with Gasteiger partial charge in [-0.1, -0.05) is 31.9 Å². The number of amidine groups is 1. The van der Waals surface area contributed by atoms with E-state index in [1.807, 2.05) is 6.07 Å². The molecular weight excluding hydrogens is 374 g/mol. The third kappa shape index (κ3) is 5.34. The lowest BCUT2D eigenvalue weighted by atomic mass is 9.84. The van der Waals surface area contributed by atoms with Crippen LogP contribution >= 0.6 is 0 Å². The molecule has 1 aromatic rings. The van der Waals surface area contributed by atoms with Crippen LogP contribution in [0, 0.1) is 5.92 Å². The number of unbranched alkanes of at least 4 members (excludes halogenated alkanes) is 2. The molecule has 154 valence electrons. The fourth-order valence-corrected chi connectivity index (χ4v) is 5.28. The lowest BCUT2D eigenvalue weighted by molar-refractivity contribution is -0.122. The minimum absolute atomic E-state index is 0.156. The predicted octanol–water partition coefficient (Wildman–Crippen LogP) is 3.37. The van der Waals surface area contributed by atoms with Gasteiger partial charge >= 0.3 is 0 Å². The van der Waals surface area contributed by atoms with E-state index in [1.54, 1.807) is 18.2 Å². The zero-order valence-corrected chi connectivity index (χ0v) is 17.4. The molecule has 3 rings (SSSR count). The summed E-state index contributed by atoms with van der Waals surface area (Å²) >= 11 is 0. The highest BCUT2D eigenvalue weighted by Gasteiger charge is 2.29. The van der Waals surface area contributed by atoms with Crippen LogP contribution in [0.1, 0.15) is 70.3 Å². The van der Waals surface area contributed by atoms with Crippen LogP contribution in [0.5, 0.6) is 0 Å². The number of rotatable bonds is 8. The number of carbonyl (C=O) groups is 1. The normalized spacial score (nSPS) is 24.5.